The SMILES string of the molecule is COC(=O)c1nc(N)ccc1-c1ccc(Cl)cc1Cl. The zero-order chi connectivity index (χ0) is 14.0. The molecule has 2 rings (SSSR count). The molecule has 6 heteroatoms. The normalized spacial score (nSPS) is 10.3. The van der Waals surface area contributed by atoms with Gasteiger partial charge in [0.15, 0.2) is 5.69 Å². The summed E-state index contributed by atoms with van der Waals surface area (Å²) in [6, 6.07) is 8.25. The van der Waals surface area contributed by atoms with E-state index in [0.29, 0.717) is 21.2 Å². The average Bonchev–Trinajstić information content (AvgIpc) is 2.38. The third-order valence-electron chi connectivity index (χ3n) is 2.52. The van der Waals surface area contributed by atoms with Crippen LogP contribution in [0.3, 0.4) is 0 Å². The smallest absolute Gasteiger partial charge is 0.357 e. The van der Waals surface area contributed by atoms with Crippen LogP contribution in [0.15, 0.2) is 30.3 Å². The minimum atomic E-state index is -0.576. The minimum absolute atomic E-state index is 0.117. The first-order valence-corrected chi connectivity index (χ1v) is 6.08. The number of halogens is 2. The lowest BCUT2D eigenvalue weighted by Gasteiger charge is -2.10. The Labute approximate surface area is 120 Å². The van der Waals surface area contributed by atoms with Gasteiger partial charge in [0.2, 0.25) is 0 Å². The summed E-state index contributed by atoms with van der Waals surface area (Å²) in [6.07, 6.45) is 0. The van der Waals surface area contributed by atoms with Gasteiger partial charge in [0, 0.05) is 21.2 Å². The van der Waals surface area contributed by atoms with Crippen LogP contribution in [-0.4, -0.2) is 18.1 Å². The molecule has 0 fully saturated rings. The Morgan fingerprint density at radius 3 is 2.53 bits per heavy atom. The number of anilines is 1. The molecular formula is C13H10Cl2N2O2. The Bertz CT molecular complexity index is 645. The van der Waals surface area contributed by atoms with Crippen molar-refractivity contribution >= 4 is 35.0 Å². The first kappa shape index (κ1) is 13.6. The van der Waals surface area contributed by atoms with E-state index in [2.05, 4.69) is 4.98 Å². The van der Waals surface area contributed by atoms with Gasteiger partial charge in [0.25, 0.3) is 0 Å². The highest BCUT2D eigenvalue weighted by Gasteiger charge is 2.17. The number of nitrogens with zero attached hydrogens (tertiary/aromatic N) is 1. The highest BCUT2D eigenvalue weighted by molar-refractivity contribution is 6.36. The van der Waals surface area contributed by atoms with Crippen LogP contribution in [-0.2, 0) is 4.74 Å². The Balaban J connectivity index is 2.64. The molecule has 0 saturated carbocycles. The molecule has 0 bridgehead atoms. The van der Waals surface area contributed by atoms with Gasteiger partial charge in [-0.15, -0.1) is 0 Å². The number of hydrogen-bond donors (Lipinski definition) is 1. The number of methoxy groups -OCH3 is 1. The summed E-state index contributed by atoms with van der Waals surface area (Å²) < 4.78 is 4.69. The number of benzene rings is 1. The van der Waals surface area contributed by atoms with Crippen LogP contribution in [0.1, 0.15) is 10.5 Å². The molecule has 19 heavy (non-hydrogen) atoms. The largest absolute Gasteiger partial charge is 0.464 e. The first-order chi connectivity index (χ1) is 9.02. The fourth-order valence-electron chi connectivity index (χ4n) is 1.65. The van der Waals surface area contributed by atoms with Crippen molar-refractivity contribution in [1.29, 1.82) is 0 Å². The van der Waals surface area contributed by atoms with Gasteiger partial charge >= 0.3 is 5.97 Å². The summed E-state index contributed by atoms with van der Waals surface area (Å²) in [5, 5.41) is 0.931. The minimum Gasteiger partial charge on any atom is -0.464 e. The molecule has 2 N–H and O–H groups in total. The van der Waals surface area contributed by atoms with Crippen molar-refractivity contribution in [2.75, 3.05) is 12.8 Å². The van der Waals surface area contributed by atoms with Crippen molar-refractivity contribution in [3.63, 3.8) is 0 Å². The second-order valence-electron chi connectivity index (χ2n) is 3.75. The van der Waals surface area contributed by atoms with E-state index in [1.165, 1.54) is 7.11 Å². The molecule has 0 amide bonds. The number of pyridine rings is 1. The van der Waals surface area contributed by atoms with E-state index in [1.807, 2.05) is 0 Å². The molecule has 4 nitrogen and oxygen atoms in total. The molecule has 1 aromatic carbocycles. The standard InChI is InChI=1S/C13H10Cl2N2O2/c1-19-13(18)12-9(4-5-11(16)17-12)8-3-2-7(14)6-10(8)15/h2-6H,1H3,(H2,16,17). The van der Waals surface area contributed by atoms with Crippen molar-refractivity contribution < 1.29 is 9.53 Å². The topological polar surface area (TPSA) is 65.2 Å². The number of ether oxygens (including phenoxy) is 1. The van der Waals surface area contributed by atoms with Crippen LogP contribution in [0.25, 0.3) is 11.1 Å². The van der Waals surface area contributed by atoms with Crippen LogP contribution in [0.4, 0.5) is 5.82 Å². The molecule has 98 valence electrons. The molecule has 0 atom stereocenters. The van der Waals surface area contributed by atoms with Crippen LogP contribution >= 0.6 is 23.2 Å². The summed E-state index contributed by atoms with van der Waals surface area (Å²) in [6.45, 7) is 0. The van der Waals surface area contributed by atoms with E-state index in [-0.39, 0.29) is 11.5 Å². The Hall–Kier alpha value is -1.78. The number of carbonyl (C=O) groups is 1. The summed E-state index contributed by atoms with van der Waals surface area (Å²) in [4.78, 5) is 15.7. The number of aromatic nitrogens is 1. The molecule has 0 saturated heterocycles. The molecule has 0 radical (unpaired) electrons. The van der Waals surface area contributed by atoms with Crippen molar-refractivity contribution in [3.8, 4) is 11.1 Å². The lowest BCUT2D eigenvalue weighted by atomic mass is 10.0. The quantitative estimate of drug-likeness (QED) is 0.862. The highest BCUT2D eigenvalue weighted by atomic mass is 35.5. The number of rotatable bonds is 2. The van der Waals surface area contributed by atoms with Crippen molar-refractivity contribution in [1.82, 2.24) is 4.98 Å². The number of carbonyl (C=O) groups excluding carboxylic acids is 1. The molecule has 1 aromatic heterocycles. The van der Waals surface area contributed by atoms with E-state index in [1.54, 1.807) is 30.3 Å². The van der Waals surface area contributed by atoms with Crippen LogP contribution < -0.4 is 5.73 Å². The lowest BCUT2D eigenvalue weighted by Crippen LogP contribution is -2.08. The second-order valence-corrected chi connectivity index (χ2v) is 4.59. The van der Waals surface area contributed by atoms with E-state index in [0.717, 1.165) is 0 Å². The van der Waals surface area contributed by atoms with Crippen LogP contribution in [0, 0.1) is 0 Å². The highest BCUT2D eigenvalue weighted by Crippen LogP contribution is 2.32. The van der Waals surface area contributed by atoms with Crippen LogP contribution in [0.2, 0.25) is 10.0 Å². The summed E-state index contributed by atoms with van der Waals surface area (Å²) in [7, 11) is 1.28. The third kappa shape index (κ3) is 2.80. The Morgan fingerprint density at radius 1 is 1.21 bits per heavy atom. The van der Waals surface area contributed by atoms with Gasteiger partial charge in [0.05, 0.1) is 7.11 Å². The second kappa shape index (κ2) is 5.47. The molecule has 0 aliphatic carbocycles. The van der Waals surface area contributed by atoms with Gasteiger partial charge in [0.1, 0.15) is 5.82 Å². The first-order valence-electron chi connectivity index (χ1n) is 5.33. The molecule has 0 aliphatic heterocycles. The zero-order valence-electron chi connectivity index (χ0n) is 9.98. The van der Waals surface area contributed by atoms with E-state index < -0.39 is 5.97 Å². The van der Waals surface area contributed by atoms with Gasteiger partial charge in [-0.2, -0.15) is 0 Å². The summed E-state index contributed by atoms with van der Waals surface area (Å²) >= 11 is 12.0. The monoisotopic (exact) mass is 296 g/mol. The molecule has 1 heterocycles. The molecule has 0 unspecified atom stereocenters. The predicted molar refractivity (Wildman–Crippen MR) is 75.4 cm³/mol. The summed E-state index contributed by atoms with van der Waals surface area (Å²) in [5.74, 6) is -0.345. The predicted octanol–water partition coefficient (Wildman–Crippen LogP) is 3.42. The Morgan fingerprint density at radius 2 is 1.89 bits per heavy atom. The van der Waals surface area contributed by atoms with Gasteiger partial charge in [-0.05, 0) is 24.3 Å². The van der Waals surface area contributed by atoms with Crippen molar-refractivity contribution in [2.45, 2.75) is 0 Å². The number of esters is 1. The molecular weight excluding hydrogens is 287 g/mol. The number of nitrogens with two attached hydrogens (primary N) is 1. The number of nitrogen functional groups attached to an aromatic ring is 1. The lowest BCUT2D eigenvalue weighted by molar-refractivity contribution is 0.0595. The Kier molecular flexibility index (Phi) is 3.93. The van der Waals surface area contributed by atoms with Crippen molar-refractivity contribution in [2.24, 2.45) is 0 Å². The fourth-order valence-corrected chi connectivity index (χ4v) is 2.16. The van der Waals surface area contributed by atoms with E-state index >= 15 is 0 Å². The zero-order valence-corrected chi connectivity index (χ0v) is 11.5. The fraction of sp³-hybridized carbons (Fsp3) is 0.0769. The maximum absolute atomic E-state index is 11.7. The van der Waals surface area contributed by atoms with E-state index in [9.17, 15) is 4.79 Å². The summed E-state index contributed by atoms with van der Waals surface area (Å²) in [5.41, 5.74) is 6.89. The molecule has 0 spiro atoms. The van der Waals surface area contributed by atoms with E-state index in [4.69, 9.17) is 33.7 Å². The third-order valence-corrected chi connectivity index (χ3v) is 3.06. The maximum Gasteiger partial charge on any atom is 0.357 e. The molecule has 0 aliphatic rings. The molecule has 2 aromatic rings. The number of hydrogen-bond acceptors (Lipinski definition) is 4. The van der Waals surface area contributed by atoms with Gasteiger partial charge in [-0.25, -0.2) is 9.78 Å². The van der Waals surface area contributed by atoms with Crippen molar-refractivity contribution in [3.05, 3.63) is 46.1 Å². The van der Waals surface area contributed by atoms with Gasteiger partial charge in [-0.1, -0.05) is 29.3 Å². The maximum atomic E-state index is 11.7. The average molecular weight is 297 g/mol. The van der Waals surface area contributed by atoms with Gasteiger partial charge < -0.3 is 10.5 Å². The van der Waals surface area contributed by atoms with Gasteiger partial charge in [-0.3, -0.25) is 0 Å². The van der Waals surface area contributed by atoms with Crippen LogP contribution in [0.5, 0.6) is 0 Å².